The van der Waals surface area contributed by atoms with Gasteiger partial charge in [0.05, 0.1) is 17.4 Å². The fourth-order valence-corrected chi connectivity index (χ4v) is 4.16. The number of imidazole rings is 1. The molecule has 0 unspecified atom stereocenters. The first-order valence-electron chi connectivity index (χ1n) is 10.2. The van der Waals surface area contributed by atoms with Crippen LogP contribution in [0.25, 0.3) is 11.0 Å². The molecule has 27 heavy (non-hydrogen) atoms. The van der Waals surface area contributed by atoms with Gasteiger partial charge in [0.15, 0.2) is 0 Å². The van der Waals surface area contributed by atoms with Crippen molar-refractivity contribution < 1.29 is 0 Å². The lowest BCUT2D eigenvalue weighted by Crippen LogP contribution is -2.35. The van der Waals surface area contributed by atoms with E-state index in [0.717, 1.165) is 55.8 Å². The van der Waals surface area contributed by atoms with Crippen LogP contribution in [0.15, 0.2) is 36.9 Å². The van der Waals surface area contributed by atoms with Gasteiger partial charge in [-0.3, -0.25) is 0 Å². The molecule has 142 valence electrons. The van der Waals surface area contributed by atoms with Crippen LogP contribution >= 0.6 is 0 Å². The van der Waals surface area contributed by atoms with Crippen LogP contribution in [0.5, 0.6) is 0 Å². The lowest BCUT2D eigenvalue weighted by molar-refractivity contribution is 0.402. The zero-order chi connectivity index (χ0) is 18.8. The van der Waals surface area contributed by atoms with Crippen molar-refractivity contribution in [2.75, 3.05) is 18.0 Å². The number of fused-ring (bicyclic) bond motifs is 1. The minimum atomic E-state index is 0.494. The van der Waals surface area contributed by atoms with E-state index in [-0.39, 0.29) is 0 Å². The van der Waals surface area contributed by atoms with Crippen molar-refractivity contribution in [1.82, 2.24) is 19.5 Å². The fourth-order valence-electron chi connectivity index (χ4n) is 4.16. The van der Waals surface area contributed by atoms with Gasteiger partial charge in [0.1, 0.15) is 12.1 Å². The molecule has 0 atom stereocenters. The Balaban J connectivity index is 1.51. The molecule has 1 aromatic carbocycles. The number of rotatable bonds is 5. The van der Waals surface area contributed by atoms with Crippen molar-refractivity contribution in [1.29, 1.82) is 0 Å². The first-order valence-corrected chi connectivity index (χ1v) is 10.2. The molecule has 4 rings (SSSR count). The summed E-state index contributed by atoms with van der Waals surface area (Å²) in [5.41, 5.74) is 4.92. The van der Waals surface area contributed by atoms with Crippen molar-refractivity contribution in [3.8, 4) is 0 Å². The van der Waals surface area contributed by atoms with Crippen LogP contribution in [0.3, 0.4) is 0 Å². The highest BCUT2D eigenvalue weighted by molar-refractivity contribution is 5.79. The summed E-state index contributed by atoms with van der Waals surface area (Å²) in [6.45, 7) is 8.71. The molecule has 0 radical (unpaired) electrons. The van der Waals surface area contributed by atoms with E-state index in [9.17, 15) is 0 Å². The SMILES string of the molecule is CCCc1cc(N2CCC(n3cnc4c(C(C)C)cccc43)CC2)ncn1. The Bertz CT molecular complexity index is 906. The number of hydrogen-bond acceptors (Lipinski definition) is 4. The van der Waals surface area contributed by atoms with Crippen LogP contribution in [0.2, 0.25) is 0 Å². The van der Waals surface area contributed by atoms with Gasteiger partial charge in [-0.25, -0.2) is 15.0 Å². The first-order chi connectivity index (χ1) is 13.2. The summed E-state index contributed by atoms with van der Waals surface area (Å²) < 4.78 is 2.39. The van der Waals surface area contributed by atoms with Crippen LogP contribution in [0.1, 0.15) is 63.3 Å². The molecule has 0 spiro atoms. The molecule has 3 heterocycles. The highest BCUT2D eigenvalue weighted by Crippen LogP contribution is 2.31. The van der Waals surface area contributed by atoms with Crippen molar-refractivity contribution in [2.24, 2.45) is 0 Å². The van der Waals surface area contributed by atoms with Crippen LogP contribution in [0, 0.1) is 0 Å². The Morgan fingerprint density at radius 2 is 1.93 bits per heavy atom. The number of piperidine rings is 1. The van der Waals surface area contributed by atoms with Crippen molar-refractivity contribution in [3.05, 3.63) is 48.2 Å². The summed E-state index contributed by atoms with van der Waals surface area (Å²) in [7, 11) is 0. The minimum Gasteiger partial charge on any atom is -0.356 e. The molecule has 0 amide bonds. The van der Waals surface area contributed by atoms with Gasteiger partial charge in [0.25, 0.3) is 0 Å². The Morgan fingerprint density at radius 3 is 2.67 bits per heavy atom. The van der Waals surface area contributed by atoms with E-state index in [1.54, 1.807) is 6.33 Å². The van der Waals surface area contributed by atoms with Crippen LogP contribution in [-0.2, 0) is 6.42 Å². The van der Waals surface area contributed by atoms with Gasteiger partial charge in [-0.05, 0) is 36.8 Å². The quantitative estimate of drug-likeness (QED) is 0.657. The summed E-state index contributed by atoms with van der Waals surface area (Å²) >= 11 is 0. The van der Waals surface area contributed by atoms with Gasteiger partial charge >= 0.3 is 0 Å². The maximum atomic E-state index is 4.75. The van der Waals surface area contributed by atoms with E-state index < -0.39 is 0 Å². The minimum absolute atomic E-state index is 0.494. The van der Waals surface area contributed by atoms with Crippen molar-refractivity contribution >= 4 is 16.9 Å². The normalized spacial score (nSPS) is 15.8. The maximum absolute atomic E-state index is 4.75. The van der Waals surface area contributed by atoms with Crippen molar-refractivity contribution in [2.45, 2.75) is 58.4 Å². The molecular formula is C22H29N5. The molecule has 5 heteroatoms. The van der Waals surface area contributed by atoms with Crippen LogP contribution < -0.4 is 4.90 Å². The molecule has 1 aliphatic heterocycles. The third-order valence-electron chi connectivity index (χ3n) is 5.65. The number of para-hydroxylation sites is 1. The smallest absolute Gasteiger partial charge is 0.132 e. The van der Waals surface area contributed by atoms with Gasteiger partial charge < -0.3 is 9.47 Å². The Labute approximate surface area is 161 Å². The predicted molar refractivity (Wildman–Crippen MR) is 110 cm³/mol. The van der Waals surface area contributed by atoms with E-state index in [4.69, 9.17) is 4.98 Å². The van der Waals surface area contributed by atoms with E-state index in [2.05, 4.69) is 64.5 Å². The number of nitrogens with zero attached hydrogens (tertiary/aromatic N) is 5. The Morgan fingerprint density at radius 1 is 1.11 bits per heavy atom. The van der Waals surface area contributed by atoms with Gasteiger partial charge in [-0.2, -0.15) is 0 Å². The fraction of sp³-hybridized carbons (Fsp3) is 0.500. The van der Waals surface area contributed by atoms with Gasteiger partial charge in [0, 0.05) is 30.9 Å². The second kappa shape index (κ2) is 7.67. The molecule has 2 aromatic heterocycles. The summed E-state index contributed by atoms with van der Waals surface area (Å²) in [4.78, 5) is 16.0. The highest BCUT2D eigenvalue weighted by atomic mass is 15.2. The van der Waals surface area contributed by atoms with Gasteiger partial charge in [0.2, 0.25) is 0 Å². The number of anilines is 1. The summed E-state index contributed by atoms with van der Waals surface area (Å²) in [5.74, 6) is 1.57. The van der Waals surface area contributed by atoms with E-state index in [0.29, 0.717) is 12.0 Å². The van der Waals surface area contributed by atoms with Crippen LogP contribution in [-0.4, -0.2) is 32.6 Å². The largest absolute Gasteiger partial charge is 0.356 e. The molecule has 5 nitrogen and oxygen atoms in total. The van der Waals surface area contributed by atoms with Gasteiger partial charge in [-0.1, -0.05) is 39.3 Å². The standard InChI is InChI=1S/C22H29N5/c1-4-6-17-13-21(24-14-23-17)26-11-9-18(10-12-26)27-15-25-22-19(16(2)3)7-5-8-20(22)27/h5,7-8,13-16,18H,4,6,9-12H2,1-3H3. The highest BCUT2D eigenvalue weighted by Gasteiger charge is 2.23. The maximum Gasteiger partial charge on any atom is 0.132 e. The molecule has 3 aromatic rings. The zero-order valence-corrected chi connectivity index (χ0v) is 16.6. The molecule has 1 saturated heterocycles. The molecular weight excluding hydrogens is 334 g/mol. The Kier molecular flexibility index (Phi) is 5.10. The lowest BCUT2D eigenvalue weighted by Gasteiger charge is -2.33. The number of aryl methyl sites for hydroxylation is 1. The molecule has 0 saturated carbocycles. The second-order valence-electron chi connectivity index (χ2n) is 7.86. The molecule has 0 bridgehead atoms. The third-order valence-corrected chi connectivity index (χ3v) is 5.65. The molecule has 1 fully saturated rings. The zero-order valence-electron chi connectivity index (χ0n) is 16.6. The third kappa shape index (κ3) is 3.55. The van der Waals surface area contributed by atoms with Crippen LogP contribution in [0.4, 0.5) is 5.82 Å². The van der Waals surface area contributed by atoms with E-state index in [1.807, 2.05) is 6.33 Å². The molecule has 0 aliphatic carbocycles. The average molecular weight is 364 g/mol. The van der Waals surface area contributed by atoms with Gasteiger partial charge in [-0.15, -0.1) is 0 Å². The molecule has 0 N–H and O–H groups in total. The summed E-state index contributed by atoms with van der Waals surface area (Å²) in [6, 6.07) is 9.25. The van der Waals surface area contributed by atoms with E-state index >= 15 is 0 Å². The van der Waals surface area contributed by atoms with E-state index in [1.165, 1.54) is 11.1 Å². The number of aromatic nitrogens is 4. The summed E-state index contributed by atoms with van der Waals surface area (Å²) in [6.07, 6.45) is 8.12. The first kappa shape index (κ1) is 18.0. The molecule has 1 aliphatic rings. The number of hydrogen-bond donors (Lipinski definition) is 0. The second-order valence-corrected chi connectivity index (χ2v) is 7.86. The average Bonchev–Trinajstić information content (AvgIpc) is 3.12. The monoisotopic (exact) mass is 363 g/mol. The lowest BCUT2D eigenvalue weighted by atomic mass is 10.0. The summed E-state index contributed by atoms with van der Waals surface area (Å²) in [5, 5.41) is 0. The van der Waals surface area contributed by atoms with Crippen molar-refractivity contribution in [3.63, 3.8) is 0 Å². The topological polar surface area (TPSA) is 46.8 Å². The predicted octanol–water partition coefficient (Wildman–Crippen LogP) is 4.74. The number of benzene rings is 1. The Hall–Kier alpha value is -2.43.